The summed E-state index contributed by atoms with van der Waals surface area (Å²) in [6, 6.07) is 5.13. The highest BCUT2D eigenvalue weighted by Crippen LogP contribution is 2.15. The average Bonchev–Trinajstić information content (AvgIpc) is 2.18. The lowest BCUT2D eigenvalue weighted by molar-refractivity contribution is 0.741. The molecule has 4 nitrogen and oxygen atoms in total. The first-order valence-corrected chi connectivity index (χ1v) is 3.76. The van der Waals surface area contributed by atoms with Crippen molar-refractivity contribution in [2.45, 2.75) is 12.5 Å². The number of aromatic nitrogens is 1. The average molecular weight is 172 g/mol. The monoisotopic (exact) mass is 172 g/mol. The van der Waals surface area contributed by atoms with Gasteiger partial charge in [-0.25, -0.2) is 0 Å². The fourth-order valence-electron chi connectivity index (χ4n) is 1.01. The van der Waals surface area contributed by atoms with Gasteiger partial charge in [0.2, 0.25) is 0 Å². The second kappa shape index (κ2) is 4.20. The molecule has 0 amide bonds. The third-order valence-corrected chi connectivity index (χ3v) is 1.68. The Morgan fingerprint density at radius 3 is 2.92 bits per heavy atom. The summed E-state index contributed by atoms with van der Waals surface area (Å²) >= 11 is 0. The molecule has 0 unspecified atom stereocenters. The van der Waals surface area contributed by atoms with Crippen LogP contribution in [-0.2, 0) is 0 Å². The molecular formula is C9H8N4. The molecule has 0 aliphatic heterocycles. The van der Waals surface area contributed by atoms with Gasteiger partial charge in [0.1, 0.15) is 0 Å². The van der Waals surface area contributed by atoms with Gasteiger partial charge in [-0.1, -0.05) is 0 Å². The fraction of sp³-hybridized carbons (Fsp3) is 0.222. The number of hydrogen-bond donors (Lipinski definition) is 1. The van der Waals surface area contributed by atoms with Crippen molar-refractivity contribution in [2.24, 2.45) is 5.73 Å². The van der Waals surface area contributed by atoms with Gasteiger partial charge in [-0.05, 0) is 6.07 Å². The van der Waals surface area contributed by atoms with Gasteiger partial charge >= 0.3 is 0 Å². The minimum Gasteiger partial charge on any atom is -0.323 e. The molecule has 13 heavy (non-hydrogen) atoms. The Hall–Kier alpha value is -1.91. The Morgan fingerprint density at radius 2 is 2.31 bits per heavy atom. The number of pyridine rings is 1. The number of nitrogens with two attached hydrogens (primary N) is 1. The van der Waals surface area contributed by atoms with E-state index in [1.54, 1.807) is 6.07 Å². The largest absolute Gasteiger partial charge is 0.323 e. The predicted molar refractivity (Wildman–Crippen MR) is 46.1 cm³/mol. The third kappa shape index (κ3) is 2.02. The standard InChI is InChI=1S/C9H8N4/c10-3-1-9(12)8-6-13-4-2-7(8)5-11/h2,4,6,9H,1,12H2/t9-/m0/s1. The van der Waals surface area contributed by atoms with Crippen LogP contribution in [0.3, 0.4) is 0 Å². The molecule has 0 saturated heterocycles. The molecule has 0 spiro atoms. The van der Waals surface area contributed by atoms with Gasteiger partial charge in [0.25, 0.3) is 0 Å². The van der Waals surface area contributed by atoms with Crippen molar-refractivity contribution in [1.82, 2.24) is 4.98 Å². The zero-order valence-corrected chi connectivity index (χ0v) is 6.94. The molecule has 0 aromatic carbocycles. The highest BCUT2D eigenvalue weighted by Gasteiger charge is 2.09. The molecule has 0 saturated carbocycles. The van der Waals surface area contributed by atoms with E-state index in [1.165, 1.54) is 12.4 Å². The van der Waals surface area contributed by atoms with Crippen molar-refractivity contribution in [3.63, 3.8) is 0 Å². The van der Waals surface area contributed by atoms with Crippen LogP contribution in [0.15, 0.2) is 18.5 Å². The molecule has 0 bridgehead atoms. The third-order valence-electron chi connectivity index (χ3n) is 1.68. The molecule has 4 heteroatoms. The maximum atomic E-state index is 8.72. The normalized spacial score (nSPS) is 11.3. The molecule has 1 rings (SSSR count). The number of hydrogen-bond acceptors (Lipinski definition) is 4. The smallest absolute Gasteiger partial charge is 0.0996 e. The highest BCUT2D eigenvalue weighted by molar-refractivity contribution is 5.37. The first-order chi connectivity index (χ1) is 6.29. The molecule has 0 aliphatic carbocycles. The van der Waals surface area contributed by atoms with E-state index in [-0.39, 0.29) is 6.42 Å². The fourth-order valence-corrected chi connectivity index (χ4v) is 1.01. The summed E-state index contributed by atoms with van der Waals surface area (Å²) in [5.41, 5.74) is 6.78. The maximum absolute atomic E-state index is 8.72. The van der Waals surface area contributed by atoms with Crippen LogP contribution >= 0.6 is 0 Å². The summed E-state index contributed by atoms with van der Waals surface area (Å²) < 4.78 is 0. The van der Waals surface area contributed by atoms with Crippen LogP contribution < -0.4 is 5.73 Å². The SMILES string of the molecule is N#CC[C@H](N)c1cnccc1C#N. The summed E-state index contributed by atoms with van der Waals surface area (Å²) in [7, 11) is 0. The van der Waals surface area contributed by atoms with Gasteiger partial charge in [0, 0.05) is 24.0 Å². The van der Waals surface area contributed by atoms with E-state index in [0.29, 0.717) is 11.1 Å². The molecule has 0 radical (unpaired) electrons. The van der Waals surface area contributed by atoms with Crippen LogP contribution in [0.1, 0.15) is 23.6 Å². The minimum atomic E-state index is -0.423. The van der Waals surface area contributed by atoms with Gasteiger partial charge in [0.05, 0.1) is 24.1 Å². The topological polar surface area (TPSA) is 86.5 Å². The number of nitriles is 2. The van der Waals surface area contributed by atoms with E-state index in [2.05, 4.69) is 4.98 Å². The Balaban J connectivity index is 3.02. The summed E-state index contributed by atoms with van der Waals surface area (Å²) in [5.74, 6) is 0. The van der Waals surface area contributed by atoms with E-state index in [4.69, 9.17) is 16.3 Å². The van der Waals surface area contributed by atoms with E-state index in [0.717, 1.165) is 0 Å². The molecule has 0 aliphatic rings. The summed E-state index contributed by atoms with van der Waals surface area (Å²) in [6.45, 7) is 0. The predicted octanol–water partition coefficient (Wildman–Crippen LogP) is 0.867. The van der Waals surface area contributed by atoms with Crippen molar-refractivity contribution in [3.8, 4) is 12.1 Å². The molecular weight excluding hydrogens is 164 g/mol. The van der Waals surface area contributed by atoms with Crippen LogP contribution in [0.4, 0.5) is 0 Å². The second-order valence-corrected chi connectivity index (χ2v) is 2.54. The van der Waals surface area contributed by atoms with Gasteiger partial charge in [-0.15, -0.1) is 0 Å². The zero-order chi connectivity index (χ0) is 9.68. The van der Waals surface area contributed by atoms with Crippen LogP contribution in [0.25, 0.3) is 0 Å². The lowest BCUT2D eigenvalue weighted by Crippen LogP contribution is -2.11. The first-order valence-electron chi connectivity index (χ1n) is 3.76. The van der Waals surface area contributed by atoms with E-state index >= 15 is 0 Å². The van der Waals surface area contributed by atoms with Crippen molar-refractivity contribution >= 4 is 0 Å². The van der Waals surface area contributed by atoms with Crippen LogP contribution in [-0.4, -0.2) is 4.98 Å². The maximum Gasteiger partial charge on any atom is 0.0996 e. The van der Waals surface area contributed by atoms with Crippen molar-refractivity contribution < 1.29 is 0 Å². The van der Waals surface area contributed by atoms with Gasteiger partial charge in [-0.3, -0.25) is 4.98 Å². The summed E-state index contributed by atoms with van der Waals surface area (Å²) in [6.07, 6.45) is 3.25. The minimum absolute atomic E-state index is 0.195. The molecule has 64 valence electrons. The first kappa shape index (κ1) is 9.18. The van der Waals surface area contributed by atoms with E-state index in [9.17, 15) is 0 Å². The molecule has 1 aromatic heterocycles. The highest BCUT2D eigenvalue weighted by atomic mass is 14.7. The Kier molecular flexibility index (Phi) is 2.97. The van der Waals surface area contributed by atoms with Gasteiger partial charge < -0.3 is 5.73 Å². The molecule has 2 N–H and O–H groups in total. The molecule has 1 aromatic rings. The van der Waals surface area contributed by atoms with Crippen LogP contribution in [0.5, 0.6) is 0 Å². The van der Waals surface area contributed by atoms with Crippen molar-refractivity contribution in [2.75, 3.05) is 0 Å². The summed E-state index contributed by atoms with van der Waals surface area (Å²) in [5, 5.41) is 17.1. The number of rotatable bonds is 2. The quantitative estimate of drug-likeness (QED) is 0.716. The van der Waals surface area contributed by atoms with Crippen molar-refractivity contribution in [3.05, 3.63) is 29.6 Å². The number of nitrogens with zero attached hydrogens (tertiary/aromatic N) is 3. The Morgan fingerprint density at radius 1 is 1.54 bits per heavy atom. The Bertz CT molecular complexity index is 372. The zero-order valence-electron chi connectivity index (χ0n) is 6.94. The van der Waals surface area contributed by atoms with E-state index < -0.39 is 6.04 Å². The van der Waals surface area contributed by atoms with Crippen molar-refractivity contribution in [1.29, 1.82) is 10.5 Å². The van der Waals surface area contributed by atoms with Gasteiger partial charge in [0.15, 0.2) is 0 Å². The molecule has 1 heterocycles. The van der Waals surface area contributed by atoms with E-state index in [1.807, 2.05) is 12.1 Å². The second-order valence-electron chi connectivity index (χ2n) is 2.54. The molecule has 0 fully saturated rings. The van der Waals surface area contributed by atoms with Gasteiger partial charge in [-0.2, -0.15) is 10.5 Å². The molecule has 1 atom stereocenters. The van der Waals surface area contributed by atoms with Crippen LogP contribution in [0.2, 0.25) is 0 Å². The Labute approximate surface area is 76.2 Å². The van der Waals surface area contributed by atoms with Crippen LogP contribution in [0, 0.1) is 22.7 Å². The lowest BCUT2D eigenvalue weighted by atomic mass is 10.0. The summed E-state index contributed by atoms with van der Waals surface area (Å²) in [4.78, 5) is 3.86. The lowest BCUT2D eigenvalue weighted by Gasteiger charge is -2.07.